The van der Waals surface area contributed by atoms with E-state index in [4.69, 9.17) is 0 Å². The van der Waals surface area contributed by atoms with E-state index in [1.807, 2.05) is 19.4 Å². The molecule has 0 saturated heterocycles. The molecule has 0 unspecified atom stereocenters. The van der Waals surface area contributed by atoms with Gasteiger partial charge in [-0.3, -0.25) is 4.98 Å². The number of hydrogen-bond donors (Lipinski definition) is 1. The molecule has 78 valence electrons. The predicted octanol–water partition coefficient (Wildman–Crippen LogP) is 1.44. The van der Waals surface area contributed by atoms with Crippen molar-refractivity contribution in [2.24, 2.45) is 0 Å². The summed E-state index contributed by atoms with van der Waals surface area (Å²) in [6.07, 6.45) is 3.81. The Balaban J connectivity index is 2.68. The first-order valence-corrected chi connectivity index (χ1v) is 5.09. The molecule has 0 aliphatic rings. The third-order valence-electron chi connectivity index (χ3n) is 2.24. The number of nitrogens with zero attached hydrogens (tertiary/aromatic N) is 2. The molecular weight excluding hydrogens is 174 g/mol. The third kappa shape index (κ3) is 3.00. The SMILES string of the molecule is CCN(CCNC)c1cncc(C)c1. The molecule has 0 aliphatic carbocycles. The topological polar surface area (TPSA) is 28.2 Å². The molecular formula is C11H19N3. The van der Waals surface area contributed by atoms with Crippen molar-refractivity contribution in [1.29, 1.82) is 0 Å². The van der Waals surface area contributed by atoms with Crippen LogP contribution in [0.4, 0.5) is 5.69 Å². The Morgan fingerprint density at radius 2 is 2.21 bits per heavy atom. The number of aromatic nitrogens is 1. The highest BCUT2D eigenvalue weighted by Crippen LogP contribution is 2.12. The Kier molecular flexibility index (Phi) is 4.40. The highest BCUT2D eigenvalue weighted by atomic mass is 15.1. The van der Waals surface area contributed by atoms with Crippen molar-refractivity contribution in [3.05, 3.63) is 24.0 Å². The second kappa shape index (κ2) is 5.60. The molecule has 1 rings (SSSR count). The largest absolute Gasteiger partial charge is 0.369 e. The van der Waals surface area contributed by atoms with E-state index >= 15 is 0 Å². The molecule has 1 N–H and O–H groups in total. The molecule has 0 aromatic carbocycles. The van der Waals surface area contributed by atoms with Crippen LogP contribution in [0.15, 0.2) is 18.5 Å². The average molecular weight is 193 g/mol. The maximum absolute atomic E-state index is 4.20. The van der Waals surface area contributed by atoms with Crippen molar-refractivity contribution >= 4 is 5.69 Å². The Labute approximate surface area is 86.2 Å². The summed E-state index contributed by atoms with van der Waals surface area (Å²) in [5.41, 5.74) is 2.42. The van der Waals surface area contributed by atoms with Crippen LogP contribution in [0.5, 0.6) is 0 Å². The molecule has 1 aromatic heterocycles. The first kappa shape index (κ1) is 11.0. The summed E-state index contributed by atoms with van der Waals surface area (Å²) in [5.74, 6) is 0. The van der Waals surface area contributed by atoms with Crippen molar-refractivity contribution in [1.82, 2.24) is 10.3 Å². The molecule has 0 spiro atoms. The van der Waals surface area contributed by atoms with Gasteiger partial charge in [0.15, 0.2) is 0 Å². The van der Waals surface area contributed by atoms with Gasteiger partial charge in [-0.25, -0.2) is 0 Å². The van der Waals surface area contributed by atoms with Crippen molar-refractivity contribution in [3.63, 3.8) is 0 Å². The van der Waals surface area contributed by atoms with Crippen LogP contribution < -0.4 is 10.2 Å². The van der Waals surface area contributed by atoms with Gasteiger partial charge in [-0.2, -0.15) is 0 Å². The fourth-order valence-electron chi connectivity index (χ4n) is 1.43. The standard InChI is InChI=1S/C11H19N3/c1-4-14(6-5-12-3)11-7-10(2)8-13-9-11/h7-9,12H,4-6H2,1-3H3. The molecule has 0 saturated carbocycles. The summed E-state index contributed by atoms with van der Waals surface area (Å²) < 4.78 is 0. The van der Waals surface area contributed by atoms with Gasteiger partial charge < -0.3 is 10.2 Å². The van der Waals surface area contributed by atoms with Gasteiger partial charge in [0.1, 0.15) is 0 Å². The summed E-state index contributed by atoms with van der Waals surface area (Å²) in [6, 6.07) is 2.17. The molecule has 1 aromatic rings. The van der Waals surface area contributed by atoms with Crippen LogP contribution in [0.3, 0.4) is 0 Å². The summed E-state index contributed by atoms with van der Waals surface area (Å²) in [6.45, 7) is 7.28. The lowest BCUT2D eigenvalue weighted by Crippen LogP contribution is -2.30. The number of hydrogen-bond acceptors (Lipinski definition) is 3. The van der Waals surface area contributed by atoms with Crippen LogP contribution in [-0.4, -0.2) is 31.7 Å². The van der Waals surface area contributed by atoms with E-state index in [0.717, 1.165) is 19.6 Å². The van der Waals surface area contributed by atoms with Crippen LogP contribution >= 0.6 is 0 Å². The zero-order valence-electron chi connectivity index (χ0n) is 9.25. The fourth-order valence-corrected chi connectivity index (χ4v) is 1.43. The average Bonchev–Trinajstić information content (AvgIpc) is 2.19. The van der Waals surface area contributed by atoms with Crippen molar-refractivity contribution in [3.8, 4) is 0 Å². The monoisotopic (exact) mass is 193 g/mol. The van der Waals surface area contributed by atoms with Crippen LogP contribution in [0.25, 0.3) is 0 Å². The number of pyridine rings is 1. The highest BCUT2D eigenvalue weighted by molar-refractivity contribution is 5.45. The first-order valence-electron chi connectivity index (χ1n) is 5.09. The molecule has 3 heteroatoms. The smallest absolute Gasteiger partial charge is 0.0555 e. The van der Waals surface area contributed by atoms with E-state index in [9.17, 15) is 0 Å². The minimum Gasteiger partial charge on any atom is -0.369 e. The normalized spacial score (nSPS) is 10.2. The van der Waals surface area contributed by atoms with Crippen LogP contribution in [-0.2, 0) is 0 Å². The molecule has 1 heterocycles. The van der Waals surface area contributed by atoms with Gasteiger partial charge in [-0.1, -0.05) is 0 Å². The number of anilines is 1. The van der Waals surface area contributed by atoms with E-state index in [-0.39, 0.29) is 0 Å². The van der Waals surface area contributed by atoms with E-state index in [1.165, 1.54) is 11.3 Å². The molecule has 14 heavy (non-hydrogen) atoms. The van der Waals surface area contributed by atoms with E-state index in [2.05, 4.69) is 35.1 Å². The van der Waals surface area contributed by atoms with Gasteiger partial charge in [0.25, 0.3) is 0 Å². The first-order chi connectivity index (χ1) is 6.77. The highest BCUT2D eigenvalue weighted by Gasteiger charge is 2.03. The number of aryl methyl sites for hydroxylation is 1. The van der Waals surface area contributed by atoms with Crippen molar-refractivity contribution in [2.75, 3.05) is 31.6 Å². The fraction of sp³-hybridized carbons (Fsp3) is 0.545. The molecule has 0 radical (unpaired) electrons. The lowest BCUT2D eigenvalue weighted by molar-refractivity contribution is 0.735. The number of nitrogens with one attached hydrogen (secondary N) is 1. The van der Waals surface area contributed by atoms with Crippen LogP contribution in [0.1, 0.15) is 12.5 Å². The number of rotatable bonds is 5. The van der Waals surface area contributed by atoms with Gasteiger partial charge in [-0.15, -0.1) is 0 Å². The van der Waals surface area contributed by atoms with Crippen LogP contribution in [0.2, 0.25) is 0 Å². The summed E-state index contributed by atoms with van der Waals surface area (Å²) in [4.78, 5) is 6.52. The van der Waals surface area contributed by atoms with E-state index < -0.39 is 0 Å². The quantitative estimate of drug-likeness (QED) is 0.767. The van der Waals surface area contributed by atoms with Crippen LogP contribution in [0, 0.1) is 6.92 Å². The minimum atomic E-state index is 1.00. The maximum Gasteiger partial charge on any atom is 0.0555 e. The Hall–Kier alpha value is -1.09. The summed E-state index contributed by atoms with van der Waals surface area (Å²) in [5, 5.41) is 3.15. The second-order valence-corrected chi connectivity index (χ2v) is 3.40. The third-order valence-corrected chi connectivity index (χ3v) is 2.24. The summed E-state index contributed by atoms with van der Waals surface area (Å²) in [7, 11) is 1.97. The minimum absolute atomic E-state index is 1.00. The molecule has 0 bridgehead atoms. The molecule has 0 amide bonds. The van der Waals surface area contributed by atoms with Crippen molar-refractivity contribution in [2.45, 2.75) is 13.8 Å². The molecule has 0 aliphatic heterocycles. The van der Waals surface area contributed by atoms with Crippen molar-refractivity contribution < 1.29 is 0 Å². The molecule has 0 fully saturated rings. The lowest BCUT2D eigenvalue weighted by Gasteiger charge is -2.22. The Morgan fingerprint density at radius 3 is 2.79 bits per heavy atom. The number of likely N-dealkylation sites (N-methyl/N-ethyl adjacent to an activating group) is 2. The second-order valence-electron chi connectivity index (χ2n) is 3.40. The zero-order valence-corrected chi connectivity index (χ0v) is 9.25. The molecule has 3 nitrogen and oxygen atoms in total. The Morgan fingerprint density at radius 1 is 1.43 bits per heavy atom. The Bertz CT molecular complexity index is 273. The lowest BCUT2D eigenvalue weighted by atomic mass is 10.2. The van der Waals surface area contributed by atoms with Gasteiger partial charge in [0.05, 0.1) is 11.9 Å². The van der Waals surface area contributed by atoms with Gasteiger partial charge in [0.2, 0.25) is 0 Å². The predicted molar refractivity (Wildman–Crippen MR) is 60.8 cm³/mol. The molecule has 0 atom stereocenters. The maximum atomic E-state index is 4.20. The zero-order chi connectivity index (χ0) is 10.4. The van der Waals surface area contributed by atoms with Gasteiger partial charge in [-0.05, 0) is 32.5 Å². The summed E-state index contributed by atoms with van der Waals surface area (Å²) >= 11 is 0. The van der Waals surface area contributed by atoms with Gasteiger partial charge >= 0.3 is 0 Å². The van der Waals surface area contributed by atoms with Gasteiger partial charge in [0, 0.05) is 25.8 Å². The van der Waals surface area contributed by atoms with E-state index in [0.29, 0.717) is 0 Å². The van der Waals surface area contributed by atoms with E-state index in [1.54, 1.807) is 0 Å².